The molecule has 2 aromatic carbocycles. The molecular formula is C21H17N3O2S. The number of amides is 1. The van der Waals surface area contributed by atoms with Gasteiger partial charge in [-0.25, -0.2) is 0 Å². The lowest BCUT2D eigenvalue weighted by Crippen LogP contribution is -2.17. The smallest absolute Gasteiger partial charge is 0.263 e. The monoisotopic (exact) mass is 375 g/mol. The van der Waals surface area contributed by atoms with Crippen LogP contribution in [0.15, 0.2) is 77.6 Å². The summed E-state index contributed by atoms with van der Waals surface area (Å²) in [4.78, 5) is 26.4. The van der Waals surface area contributed by atoms with Crippen molar-refractivity contribution in [1.82, 2.24) is 9.88 Å². The van der Waals surface area contributed by atoms with E-state index in [-0.39, 0.29) is 11.5 Å². The number of benzene rings is 2. The molecule has 0 atom stereocenters. The molecule has 0 aliphatic carbocycles. The van der Waals surface area contributed by atoms with E-state index in [1.807, 2.05) is 60.7 Å². The van der Waals surface area contributed by atoms with Crippen LogP contribution in [0.1, 0.15) is 9.67 Å². The van der Waals surface area contributed by atoms with Gasteiger partial charge in [-0.2, -0.15) is 0 Å². The average Bonchev–Trinajstić information content (AvgIpc) is 3.07. The number of thiophene rings is 1. The average molecular weight is 375 g/mol. The molecule has 0 unspecified atom stereocenters. The minimum atomic E-state index is -0.193. The summed E-state index contributed by atoms with van der Waals surface area (Å²) >= 11 is 1.30. The molecule has 0 spiro atoms. The number of nitrogens with zero attached hydrogens (tertiary/aromatic N) is 1. The number of para-hydroxylation sites is 2. The Hall–Kier alpha value is -3.38. The summed E-state index contributed by atoms with van der Waals surface area (Å²) in [5.74, 6) is -0.193. The highest BCUT2D eigenvalue weighted by atomic mass is 32.1. The Labute approximate surface area is 159 Å². The largest absolute Gasteiger partial charge is 0.354 e. The molecule has 2 heterocycles. The van der Waals surface area contributed by atoms with Crippen molar-refractivity contribution < 1.29 is 4.79 Å². The third kappa shape index (κ3) is 3.11. The highest BCUT2D eigenvalue weighted by Crippen LogP contribution is 2.37. The van der Waals surface area contributed by atoms with E-state index in [1.165, 1.54) is 17.4 Å². The van der Waals surface area contributed by atoms with Crippen molar-refractivity contribution in [2.24, 2.45) is 0 Å². The van der Waals surface area contributed by atoms with Crippen molar-refractivity contribution >= 4 is 38.8 Å². The van der Waals surface area contributed by atoms with Crippen LogP contribution in [0.2, 0.25) is 0 Å². The lowest BCUT2D eigenvalue weighted by Gasteiger charge is -2.09. The van der Waals surface area contributed by atoms with Crippen molar-refractivity contribution in [3.8, 4) is 5.69 Å². The summed E-state index contributed by atoms with van der Waals surface area (Å²) < 4.78 is 1.64. The predicted molar refractivity (Wildman–Crippen MR) is 111 cm³/mol. The van der Waals surface area contributed by atoms with Crippen molar-refractivity contribution in [2.45, 2.75) is 0 Å². The third-order valence-electron chi connectivity index (χ3n) is 4.23. The van der Waals surface area contributed by atoms with E-state index in [0.29, 0.717) is 10.6 Å². The molecule has 0 saturated carbocycles. The zero-order chi connectivity index (χ0) is 18.8. The van der Waals surface area contributed by atoms with Crippen molar-refractivity contribution in [3.63, 3.8) is 0 Å². The van der Waals surface area contributed by atoms with Gasteiger partial charge in [-0.3, -0.25) is 14.2 Å². The second kappa shape index (κ2) is 7.09. The third-order valence-corrected chi connectivity index (χ3v) is 5.42. The van der Waals surface area contributed by atoms with Gasteiger partial charge in [-0.15, -0.1) is 11.3 Å². The molecule has 6 heteroatoms. The number of aromatic nitrogens is 1. The molecule has 0 bridgehead atoms. The highest BCUT2D eigenvalue weighted by Gasteiger charge is 2.21. The number of hydrogen-bond acceptors (Lipinski definition) is 4. The molecule has 5 nitrogen and oxygen atoms in total. The predicted octanol–water partition coefficient (Wildman–Crippen LogP) is 4.16. The van der Waals surface area contributed by atoms with Crippen LogP contribution < -0.4 is 16.2 Å². The van der Waals surface area contributed by atoms with Crippen LogP contribution in [-0.4, -0.2) is 17.5 Å². The lowest BCUT2D eigenvalue weighted by atomic mass is 10.2. The highest BCUT2D eigenvalue weighted by molar-refractivity contribution is 7.21. The first-order valence-corrected chi connectivity index (χ1v) is 9.29. The second-order valence-electron chi connectivity index (χ2n) is 5.94. The van der Waals surface area contributed by atoms with E-state index in [1.54, 1.807) is 17.7 Å². The summed E-state index contributed by atoms with van der Waals surface area (Å²) in [5, 5.41) is 6.85. The first-order valence-electron chi connectivity index (χ1n) is 8.47. The standard InChI is InChI=1S/C21H17N3O2S/c1-22-20(26)19-18(23-14-8-4-2-5-9-14)16-12-13-17(25)24(21(16)27-19)15-10-6-3-7-11-15/h2-13,23H,1H3,(H,22,26). The van der Waals surface area contributed by atoms with Gasteiger partial charge in [0.05, 0.1) is 11.4 Å². The number of rotatable bonds is 4. The molecule has 2 aromatic heterocycles. The number of carbonyl (C=O) groups is 1. The SMILES string of the molecule is CNC(=O)c1sc2c(ccc(=O)n2-c2ccccc2)c1Nc1ccccc1. The zero-order valence-electron chi connectivity index (χ0n) is 14.6. The molecule has 4 aromatic rings. The lowest BCUT2D eigenvalue weighted by molar-refractivity contribution is 0.0968. The number of fused-ring (bicyclic) bond motifs is 1. The molecule has 134 valence electrons. The van der Waals surface area contributed by atoms with E-state index >= 15 is 0 Å². The number of hydrogen-bond donors (Lipinski definition) is 2. The van der Waals surface area contributed by atoms with E-state index in [0.717, 1.165) is 21.6 Å². The van der Waals surface area contributed by atoms with E-state index < -0.39 is 0 Å². The molecule has 0 radical (unpaired) electrons. The van der Waals surface area contributed by atoms with E-state index in [9.17, 15) is 9.59 Å². The number of carbonyl (C=O) groups excluding carboxylic acids is 1. The quantitative estimate of drug-likeness (QED) is 0.563. The fourth-order valence-corrected chi connectivity index (χ4v) is 4.18. The van der Waals surface area contributed by atoms with Crippen molar-refractivity contribution in [3.05, 3.63) is 88.0 Å². The first kappa shape index (κ1) is 17.1. The Bertz CT molecular complexity index is 1160. The Morgan fingerprint density at radius 1 is 0.926 bits per heavy atom. The van der Waals surface area contributed by atoms with Gasteiger partial charge in [0.1, 0.15) is 9.71 Å². The second-order valence-corrected chi connectivity index (χ2v) is 6.94. The Kier molecular flexibility index (Phi) is 4.48. The fourth-order valence-electron chi connectivity index (χ4n) is 2.97. The topological polar surface area (TPSA) is 63.1 Å². The Balaban J connectivity index is 1.99. The summed E-state index contributed by atoms with van der Waals surface area (Å²) in [6.07, 6.45) is 0. The maximum atomic E-state index is 12.6. The van der Waals surface area contributed by atoms with Gasteiger partial charge in [0.15, 0.2) is 0 Å². The van der Waals surface area contributed by atoms with Gasteiger partial charge in [0.25, 0.3) is 11.5 Å². The Morgan fingerprint density at radius 3 is 2.26 bits per heavy atom. The number of anilines is 2. The van der Waals surface area contributed by atoms with Gasteiger partial charge in [-0.1, -0.05) is 36.4 Å². The van der Waals surface area contributed by atoms with E-state index in [2.05, 4.69) is 10.6 Å². The van der Waals surface area contributed by atoms with Crippen LogP contribution in [0.4, 0.5) is 11.4 Å². The number of nitrogens with one attached hydrogen (secondary N) is 2. The zero-order valence-corrected chi connectivity index (χ0v) is 15.4. The van der Waals surface area contributed by atoms with Crippen LogP contribution in [0.25, 0.3) is 15.9 Å². The van der Waals surface area contributed by atoms with Crippen molar-refractivity contribution in [1.29, 1.82) is 0 Å². The molecule has 1 amide bonds. The minimum absolute atomic E-state index is 0.135. The fraction of sp³-hybridized carbons (Fsp3) is 0.0476. The van der Waals surface area contributed by atoms with Gasteiger partial charge in [-0.05, 0) is 30.3 Å². The molecule has 2 N–H and O–H groups in total. The van der Waals surface area contributed by atoms with Gasteiger partial charge in [0, 0.05) is 24.2 Å². The molecule has 0 fully saturated rings. The van der Waals surface area contributed by atoms with Gasteiger partial charge in [0.2, 0.25) is 0 Å². The summed E-state index contributed by atoms with van der Waals surface area (Å²) in [6.45, 7) is 0. The molecule has 0 aliphatic heterocycles. The molecule has 0 aliphatic rings. The van der Waals surface area contributed by atoms with Crippen molar-refractivity contribution in [2.75, 3.05) is 12.4 Å². The molecule has 0 saturated heterocycles. The summed E-state index contributed by atoms with van der Waals surface area (Å²) in [6, 6.07) is 22.4. The Morgan fingerprint density at radius 2 is 1.59 bits per heavy atom. The van der Waals surface area contributed by atoms with E-state index in [4.69, 9.17) is 0 Å². The maximum Gasteiger partial charge on any atom is 0.263 e. The normalized spacial score (nSPS) is 10.7. The minimum Gasteiger partial charge on any atom is -0.354 e. The summed E-state index contributed by atoms with van der Waals surface area (Å²) in [5.41, 5.74) is 2.21. The van der Waals surface area contributed by atoms with Crippen LogP contribution >= 0.6 is 11.3 Å². The molecule has 27 heavy (non-hydrogen) atoms. The summed E-state index contributed by atoms with van der Waals surface area (Å²) in [7, 11) is 1.60. The van der Waals surface area contributed by atoms with Crippen LogP contribution in [0.3, 0.4) is 0 Å². The molecular weight excluding hydrogens is 358 g/mol. The molecule has 4 rings (SSSR count). The van der Waals surface area contributed by atoms with Crippen LogP contribution in [-0.2, 0) is 0 Å². The maximum absolute atomic E-state index is 12.6. The number of pyridine rings is 1. The van der Waals surface area contributed by atoms with Gasteiger partial charge < -0.3 is 10.6 Å². The van der Waals surface area contributed by atoms with Gasteiger partial charge >= 0.3 is 0 Å². The first-order chi connectivity index (χ1) is 13.2. The van der Waals surface area contributed by atoms with Crippen LogP contribution in [0, 0.1) is 0 Å². The van der Waals surface area contributed by atoms with Crippen LogP contribution in [0.5, 0.6) is 0 Å².